The Bertz CT molecular complexity index is 558. The fourth-order valence-corrected chi connectivity index (χ4v) is 2.68. The Labute approximate surface area is 125 Å². The van der Waals surface area contributed by atoms with Gasteiger partial charge in [0.05, 0.1) is 13.0 Å². The molecule has 0 heterocycles. The van der Waals surface area contributed by atoms with Crippen LogP contribution in [0.2, 0.25) is 0 Å². The molecule has 0 saturated carbocycles. The van der Waals surface area contributed by atoms with Gasteiger partial charge in [0.2, 0.25) is 0 Å². The lowest BCUT2D eigenvalue weighted by atomic mass is 9.83. The minimum atomic E-state index is -0.262. The van der Waals surface area contributed by atoms with E-state index < -0.39 is 0 Å². The lowest BCUT2D eigenvalue weighted by molar-refractivity contribution is -0.145. The van der Waals surface area contributed by atoms with Crippen LogP contribution in [0, 0.1) is 5.92 Å². The third-order valence-corrected chi connectivity index (χ3v) is 3.72. The van der Waals surface area contributed by atoms with Gasteiger partial charge in [-0.3, -0.25) is 9.59 Å². The quantitative estimate of drug-likeness (QED) is 0.851. The molecule has 4 nitrogen and oxygen atoms in total. The SMILES string of the molecule is COC(=O)C1CCc2ccc(C(=O)NC(C)(C)C)cc2C1. The lowest BCUT2D eigenvalue weighted by Crippen LogP contribution is -2.40. The Morgan fingerprint density at radius 1 is 1.24 bits per heavy atom. The number of benzene rings is 1. The van der Waals surface area contributed by atoms with Crippen LogP contribution in [0.3, 0.4) is 0 Å². The number of ether oxygens (including phenoxy) is 1. The zero-order valence-corrected chi connectivity index (χ0v) is 13.2. The second kappa shape index (κ2) is 5.88. The van der Waals surface area contributed by atoms with E-state index in [1.807, 2.05) is 39.0 Å². The van der Waals surface area contributed by atoms with Crippen LogP contribution in [0.25, 0.3) is 0 Å². The number of nitrogens with one attached hydrogen (secondary N) is 1. The Kier molecular flexibility index (Phi) is 4.35. The zero-order valence-electron chi connectivity index (χ0n) is 13.2. The number of hydrogen-bond donors (Lipinski definition) is 1. The predicted molar refractivity (Wildman–Crippen MR) is 81.2 cm³/mol. The number of rotatable bonds is 2. The summed E-state index contributed by atoms with van der Waals surface area (Å²) in [5.74, 6) is -0.334. The first-order chi connectivity index (χ1) is 9.80. The minimum absolute atomic E-state index is 0.0782. The first kappa shape index (κ1) is 15.5. The van der Waals surface area contributed by atoms with Crippen molar-refractivity contribution in [3.8, 4) is 0 Å². The Morgan fingerprint density at radius 3 is 2.57 bits per heavy atom. The molecule has 0 aliphatic heterocycles. The maximum Gasteiger partial charge on any atom is 0.309 e. The number of fused-ring (bicyclic) bond motifs is 1. The average Bonchev–Trinajstić information content (AvgIpc) is 2.43. The molecule has 4 heteroatoms. The number of hydrogen-bond acceptors (Lipinski definition) is 3. The fourth-order valence-electron chi connectivity index (χ4n) is 2.68. The van der Waals surface area contributed by atoms with Crippen LogP contribution in [0.4, 0.5) is 0 Å². The third kappa shape index (κ3) is 3.84. The molecule has 1 atom stereocenters. The van der Waals surface area contributed by atoms with E-state index >= 15 is 0 Å². The highest BCUT2D eigenvalue weighted by Crippen LogP contribution is 2.27. The zero-order chi connectivity index (χ0) is 15.6. The number of amides is 1. The van der Waals surface area contributed by atoms with Gasteiger partial charge in [0.25, 0.3) is 5.91 Å². The van der Waals surface area contributed by atoms with E-state index in [2.05, 4.69) is 5.32 Å². The Balaban J connectivity index is 2.19. The average molecular weight is 289 g/mol. The normalized spacial score (nSPS) is 17.8. The van der Waals surface area contributed by atoms with E-state index in [9.17, 15) is 9.59 Å². The minimum Gasteiger partial charge on any atom is -0.469 e. The van der Waals surface area contributed by atoms with Crippen LogP contribution in [-0.4, -0.2) is 24.5 Å². The van der Waals surface area contributed by atoms with Gasteiger partial charge in [-0.25, -0.2) is 0 Å². The highest BCUT2D eigenvalue weighted by atomic mass is 16.5. The van der Waals surface area contributed by atoms with E-state index in [1.165, 1.54) is 12.7 Å². The maximum atomic E-state index is 12.2. The molecule has 0 fully saturated rings. The van der Waals surface area contributed by atoms with Crippen molar-refractivity contribution in [3.63, 3.8) is 0 Å². The molecule has 1 unspecified atom stereocenters. The van der Waals surface area contributed by atoms with Crippen LogP contribution in [0.1, 0.15) is 48.7 Å². The summed E-state index contributed by atoms with van der Waals surface area (Å²) in [6.07, 6.45) is 2.32. The summed E-state index contributed by atoms with van der Waals surface area (Å²) >= 11 is 0. The lowest BCUT2D eigenvalue weighted by Gasteiger charge is -2.24. The van der Waals surface area contributed by atoms with E-state index in [1.54, 1.807) is 0 Å². The fraction of sp³-hybridized carbons (Fsp3) is 0.529. The van der Waals surface area contributed by atoms with Crippen LogP contribution in [0.15, 0.2) is 18.2 Å². The first-order valence-electron chi connectivity index (χ1n) is 7.32. The van der Waals surface area contributed by atoms with E-state index in [0.717, 1.165) is 18.4 Å². The van der Waals surface area contributed by atoms with Crippen molar-refractivity contribution in [3.05, 3.63) is 34.9 Å². The molecule has 2 rings (SSSR count). The molecule has 0 radical (unpaired) electrons. The standard InChI is InChI=1S/C17H23NO3/c1-17(2,3)18-15(19)12-7-5-11-6-8-13(16(20)21-4)10-14(11)9-12/h5,7,9,13H,6,8,10H2,1-4H3,(H,18,19). The molecule has 1 aliphatic carbocycles. The predicted octanol–water partition coefficient (Wildman–Crippen LogP) is 2.49. The van der Waals surface area contributed by atoms with Gasteiger partial charge >= 0.3 is 5.97 Å². The summed E-state index contributed by atoms with van der Waals surface area (Å²) in [6.45, 7) is 5.86. The molecule has 0 aromatic heterocycles. The summed E-state index contributed by atoms with van der Waals surface area (Å²) in [6, 6.07) is 5.77. The van der Waals surface area contributed by atoms with Crippen molar-refractivity contribution >= 4 is 11.9 Å². The molecule has 1 aliphatic rings. The van der Waals surface area contributed by atoms with Crippen LogP contribution < -0.4 is 5.32 Å². The summed E-state index contributed by atoms with van der Waals surface area (Å²) < 4.78 is 4.83. The van der Waals surface area contributed by atoms with Gasteiger partial charge in [-0.15, -0.1) is 0 Å². The largest absolute Gasteiger partial charge is 0.469 e. The van der Waals surface area contributed by atoms with Crippen molar-refractivity contribution in [2.24, 2.45) is 5.92 Å². The number of aryl methyl sites for hydroxylation is 1. The van der Waals surface area contributed by atoms with E-state index in [4.69, 9.17) is 4.74 Å². The monoisotopic (exact) mass is 289 g/mol. The molecule has 0 saturated heterocycles. The van der Waals surface area contributed by atoms with Gasteiger partial charge in [0, 0.05) is 11.1 Å². The van der Waals surface area contributed by atoms with Gasteiger partial charge in [-0.05, 0) is 63.3 Å². The van der Waals surface area contributed by atoms with E-state index in [-0.39, 0.29) is 23.3 Å². The molecule has 21 heavy (non-hydrogen) atoms. The molecular weight excluding hydrogens is 266 g/mol. The molecule has 114 valence electrons. The molecule has 1 aromatic rings. The van der Waals surface area contributed by atoms with Crippen molar-refractivity contribution in [1.82, 2.24) is 5.32 Å². The molecular formula is C17H23NO3. The maximum absolute atomic E-state index is 12.2. The number of carbonyl (C=O) groups excluding carboxylic acids is 2. The number of methoxy groups -OCH3 is 1. The van der Waals surface area contributed by atoms with E-state index in [0.29, 0.717) is 12.0 Å². The Hall–Kier alpha value is -1.84. The number of carbonyl (C=O) groups is 2. The molecule has 1 aromatic carbocycles. The van der Waals surface area contributed by atoms with Crippen LogP contribution >= 0.6 is 0 Å². The van der Waals surface area contributed by atoms with Crippen LogP contribution in [0.5, 0.6) is 0 Å². The highest BCUT2D eigenvalue weighted by Gasteiger charge is 2.26. The third-order valence-electron chi connectivity index (χ3n) is 3.72. The van der Waals surface area contributed by atoms with Gasteiger partial charge in [-0.2, -0.15) is 0 Å². The van der Waals surface area contributed by atoms with Gasteiger partial charge in [-0.1, -0.05) is 6.07 Å². The van der Waals surface area contributed by atoms with Gasteiger partial charge in [0.1, 0.15) is 0 Å². The Morgan fingerprint density at radius 2 is 1.95 bits per heavy atom. The highest BCUT2D eigenvalue weighted by molar-refractivity contribution is 5.95. The summed E-state index contributed by atoms with van der Waals surface area (Å²) in [7, 11) is 1.42. The topological polar surface area (TPSA) is 55.4 Å². The van der Waals surface area contributed by atoms with Crippen molar-refractivity contribution in [1.29, 1.82) is 0 Å². The molecule has 1 amide bonds. The van der Waals surface area contributed by atoms with Gasteiger partial charge in [0.15, 0.2) is 0 Å². The van der Waals surface area contributed by atoms with Crippen LogP contribution in [-0.2, 0) is 22.4 Å². The van der Waals surface area contributed by atoms with Crippen molar-refractivity contribution < 1.29 is 14.3 Å². The number of esters is 1. The van der Waals surface area contributed by atoms with Crippen molar-refractivity contribution in [2.45, 2.75) is 45.6 Å². The van der Waals surface area contributed by atoms with Crippen molar-refractivity contribution in [2.75, 3.05) is 7.11 Å². The summed E-state index contributed by atoms with van der Waals surface area (Å²) in [4.78, 5) is 23.9. The van der Waals surface area contributed by atoms with Gasteiger partial charge < -0.3 is 10.1 Å². The second-order valence-corrected chi connectivity index (χ2v) is 6.65. The summed E-state index contributed by atoms with van der Waals surface area (Å²) in [5.41, 5.74) is 2.69. The smallest absolute Gasteiger partial charge is 0.309 e. The summed E-state index contributed by atoms with van der Waals surface area (Å²) in [5, 5.41) is 2.96. The second-order valence-electron chi connectivity index (χ2n) is 6.65. The molecule has 0 spiro atoms. The molecule has 1 N–H and O–H groups in total. The molecule has 0 bridgehead atoms. The first-order valence-corrected chi connectivity index (χ1v) is 7.32.